The van der Waals surface area contributed by atoms with Crippen LogP contribution in [0.2, 0.25) is 0 Å². The van der Waals surface area contributed by atoms with Crippen LogP contribution in [-0.2, 0) is 23.8 Å². The highest BCUT2D eigenvalue weighted by Crippen LogP contribution is 2.16. The first-order valence-corrected chi connectivity index (χ1v) is 29.8. The largest absolute Gasteiger partial charge is 0.462 e. The minimum absolute atomic E-state index is 0.0795. The molecule has 0 rings (SSSR count). The van der Waals surface area contributed by atoms with Gasteiger partial charge >= 0.3 is 11.9 Å². The molecule has 0 radical (unpaired) electrons. The van der Waals surface area contributed by atoms with Crippen LogP contribution in [0.5, 0.6) is 0 Å². The first kappa shape index (κ1) is 65.6. The van der Waals surface area contributed by atoms with Gasteiger partial charge < -0.3 is 14.2 Å². The van der Waals surface area contributed by atoms with Gasteiger partial charge in [-0.3, -0.25) is 9.59 Å². The van der Waals surface area contributed by atoms with Crippen molar-refractivity contribution < 1.29 is 23.8 Å². The van der Waals surface area contributed by atoms with E-state index in [0.29, 0.717) is 19.4 Å². The molecule has 1 atom stereocenters. The summed E-state index contributed by atoms with van der Waals surface area (Å²) < 4.78 is 17.5. The summed E-state index contributed by atoms with van der Waals surface area (Å²) in [6.07, 6.45) is 75.3. The number of hydrogen-bond acceptors (Lipinski definition) is 5. The van der Waals surface area contributed by atoms with Crippen molar-refractivity contribution >= 4 is 11.9 Å². The maximum Gasteiger partial charge on any atom is 0.306 e. The van der Waals surface area contributed by atoms with E-state index < -0.39 is 6.10 Å². The molecule has 68 heavy (non-hydrogen) atoms. The lowest BCUT2D eigenvalue weighted by molar-refractivity contribution is -0.163. The Balaban J connectivity index is 4.26. The third kappa shape index (κ3) is 56.2. The minimum Gasteiger partial charge on any atom is -0.462 e. The molecule has 0 aliphatic carbocycles. The Morgan fingerprint density at radius 2 is 0.662 bits per heavy atom. The zero-order valence-corrected chi connectivity index (χ0v) is 45.6. The fourth-order valence-corrected chi connectivity index (χ4v) is 8.62. The molecule has 0 aromatic heterocycles. The van der Waals surface area contributed by atoms with E-state index in [1.54, 1.807) is 0 Å². The van der Waals surface area contributed by atoms with Crippen molar-refractivity contribution in [2.75, 3.05) is 19.8 Å². The molecular weight excluding hydrogens is 837 g/mol. The number of esters is 2. The van der Waals surface area contributed by atoms with Crippen LogP contribution in [0.4, 0.5) is 0 Å². The van der Waals surface area contributed by atoms with Gasteiger partial charge in [-0.25, -0.2) is 0 Å². The summed E-state index contributed by atoms with van der Waals surface area (Å²) in [6.45, 7) is 7.75. The van der Waals surface area contributed by atoms with Gasteiger partial charge in [0.1, 0.15) is 6.61 Å². The summed E-state index contributed by atoms with van der Waals surface area (Å²) in [5.41, 5.74) is 0. The first-order chi connectivity index (χ1) is 33.6. The van der Waals surface area contributed by atoms with E-state index in [4.69, 9.17) is 14.2 Å². The van der Waals surface area contributed by atoms with E-state index in [0.717, 1.165) is 70.6 Å². The molecule has 0 saturated heterocycles. The maximum absolute atomic E-state index is 12.9. The zero-order valence-electron chi connectivity index (χ0n) is 45.6. The Morgan fingerprint density at radius 1 is 0.338 bits per heavy atom. The van der Waals surface area contributed by atoms with E-state index in [2.05, 4.69) is 81.5 Å². The van der Waals surface area contributed by atoms with Crippen molar-refractivity contribution in [1.29, 1.82) is 0 Å². The molecule has 0 aliphatic heterocycles. The molecule has 0 fully saturated rings. The topological polar surface area (TPSA) is 61.8 Å². The summed E-state index contributed by atoms with van der Waals surface area (Å²) >= 11 is 0. The molecule has 0 saturated carbocycles. The molecule has 0 bridgehead atoms. The predicted octanol–water partition coefficient (Wildman–Crippen LogP) is 20.5. The number of allylic oxidation sites excluding steroid dienone is 10. The Morgan fingerprint density at radius 3 is 1.07 bits per heavy atom. The highest BCUT2D eigenvalue weighted by atomic mass is 16.6. The fourth-order valence-electron chi connectivity index (χ4n) is 8.62. The van der Waals surface area contributed by atoms with Gasteiger partial charge in [-0.05, 0) is 83.5 Å². The third-order valence-corrected chi connectivity index (χ3v) is 13.0. The van der Waals surface area contributed by atoms with E-state index in [-0.39, 0.29) is 25.2 Å². The van der Waals surface area contributed by atoms with Crippen molar-refractivity contribution in [3.63, 3.8) is 0 Å². The lowest BCUT2D eigenvalue weighted by Crippen LogP contribution is -2.30. The molecule has 0 N–H and O–H groups in total. The minimum atomic E-state index is -0.542. The van der Waals surface area contributed by atoms with Crippen LogP contribution < -0.4 is 0 Å². The SMILES string of the molecule is CC/C=C\C/C=C\C/C=C\C/C=C\CCCCCCCCC(=O)OCC(COCCCCCCCCCCCCCCCC)OC(=O)CCCCCCCCCCC/C=C\CCCCCCCC. The fraction of sp³-hybridized carbons (Fsp3) is 0.810. The predicted molar refractivity (Wildman–Crippen MR) is 298 cm³/mol. The molecule has 396 valence electrons. The molecule has 5 heteroatoms. The first-order valence-electron chi connectivity index (χ1n) is 29.8. The molecule has 0 spiro atoms. The number of hydrogen-bond donors (Lipinski definition) is 0. The summed E-state index contributed by atoms with van der Waals surface area (Å²) in [6, 6.07) is 0. The second-order valence-electron chi connectivity index (χ2n) is 19.9. The Hall–Kier alpha value is -2.40. The van der Waals surface area contributed by atoms with Crippen LogP contribution in [0.1, 0.15) is 303 Å². The normalized spacial score (nSPS) is 12.6. The van der Waals surface area contributed by atoms with Crippen LogP contribution in [-0.4, -0.2) is 37.9 Å². The summed E-state index contributed by atoms with van der Waals surface area (Å²) in [7, 11) is 0. The number of carbonyl (C=O) groups is 2. The van der Waals surface area contributed by atoms with Gasteiger partial charge in [-0.1, -0.05) is 268 Å². The highest BCUT2D eigenvalue weighted by molar-refractivity contribution is 5.70. The second kappa shape index (κ2) is 58.9. The lowest BCUT2D eigenvalue weighted by atomic mass is 10.0. The van der Waals surface area contributed by atoms with Crippen LogP contribution >= 0.6 is 0 Å². The molecule has 0 heterocycles. The van der Waals surface area contributed by atoms with Crippen molar-refractivity contribution in [1.82, 2.24) is 0 Å². The number of unbranched alkanes of at least 4 members (excludes halogenated alkanes) is 34. The molecule has 0 amide bonds. The van der Waals surface area contributed by atoms with E-state index >= 15 is 0 Å². The Bertz CT molecular complexity index is 1170. The number of ether oxygens (including phenoxy) is 3. The van der Waals surface area contributed by atoms with Crippen LogP contribution in [0, 0.1) is 0 Å². The zero-order chi connectivity index (χ0) is 49.2. The summed E-state index contributed by atoms with van der Waals surface area (Å²) in [5.74, 6) is -0.401. The second-order valence-corrected chi connectivity index (χ2v) is 19.9. The summed E-state index contributed by atoms with van der Waals surface area (Å²) in [4.78, 5) is 25.6. The molecule has 5 nitrogen and oxygen atoms in total. The van der Waals surface area contributed by atoms with Crippen molar-refractivity contribution in [3.8, 4) is 0 Å². The van der Waals surface area contributed by atoms with Crippen molar-refractivity contribution in [2.45, 2.75) is 309 Å². The average Bonchev–Trinajstić information content (AvgIpc) is 3.34. The highest BCUT2D eigenvalue weighted by Gasteiger charge is 2.17. The van der Waals surface area contributed by atoms with Gasteiger partial charge in [0.2, 0.25) is 0 Å². The molecular formula is C63H114O5. The molecule has 0 aliphatic rings. The van der Waals surface area contributed by atoms with E-state index in [1.165, 1.54) is 199 Å². The lowest BCUT2D eigenvalue weighted by Gasteiger charge is -2.18. The van der Waals surface area contributed by atoms with Crippen LogP contribution in [0.15, 0.2) is 60.8 Å². The van der Waals surface area contributed by atoms with E-state index in [9.17, 15) is 9.59 Å². The average molecular weight is 952 g/mol. The molecule has 1 unspecified atom stereocenters. The van der Waals surface area contributed by atoms with Crippen LogP contribution in [0.3, 0.4) is 0 Å². The quantitative estimate of drug-likeness (QED) is 0.0345. The molecule has 0 aromatic carbocycles. The monoisotopic (exact) mass is 951 g/mol. The van der Waals surface area contributed by atoms with Gasteiger partial charge in [0.25, 0.3) is 0 Å². The standard InChI is InChI=1S/C63H114O5/c1-4-7-10-13-16-19-22-25-28-30-32-34-36-38-41-44-47-50-53-56-62(64)67-60-61(59-66-58-55-52-49-46-43-40-27-24-21-18-15-12-9-6-3)68-63(65)57-54-51-48-45-42-39-37-35-33-31-29-26-23-20-17-14-11-8-5-2/h7,10,16,19,25-26,28-29,32,34,61H,4-6,8-9,11-15,17-18,20-24,27,30-31,33,35-60H2,1-3H3/b10-7-,19-16-,28-25-,29-26-,34-32-. The Kier molecular flexibility index (Phi) is 56.8. The molecule has 0 aromatic rings. The number of carbonyl (C=O) groups excluding carboxylic acids is 2. The van der Waals surface area contributed by atoms with Gasteiger partial charge in [0.05, 0.1) is 6.61 Å². The van der Waals surface area contributed by atoms with E-state index in [1.807, 2.05) is 0 Å². The maximum atomic E-state index is 12.9. The number of rotatable bonds is 55. The van der Waals surface area contributed by atoms with Gasteiger partial charge in [-0.2, -0.15) is 0 Å². The van der Waals surface area contributed by atoms with Gasteiger partial charge in [0, 0.05) is 19.4 Å². The Labute approximate surface area is 424 Å². The van der Waals surface area contributed by atoms with Crippen molar-refractivity contribution in [2.24, 2.45) is 0 Å². The van der Waals surface area contributed by atoms with Crippen molar-refractivity contribution in [3.05, 3.63) is 60.8 Å². The smallest absolute Gasteiger partial charge is 0.306 e. The van der Waals surface area contributed by atoms with Gasteiger partial charge in [0.15, 0.2) is 6.10 Å². The van der Waals surface area contributed by atoms with Crippen LogP contribution in [0.25, 0.3) is 0 Å². The third-order valence-electron chi connectivity index (χ3n) is 13.0. The summed E-state index contributed by atoms with van der Waals surface area (Å²) in [5, 5.41) is 0. The van der Waals surface area contributed by atoms with Gasteiger partial charge in [-0.15, -0.1) is 0 Å².